The molecule has 0 amide bonds. The van der Waals surface area contributed by atoms with Crippen LogP contribution in [0.15, 0.2) is 29.2 Å². The number of nitrogens with one attached hydrogen (secondary N) is 2. The first-order chi connectivity index (χ1) is 8.08. The molecule has 0 saturated carbocycles. The molecule has 0 bridgehead atoms. The lowest BCUT2D eigenvalue weighted by atomic mass is 10.1. The number of hydrogen-bond donors (Lipinski definition) is 2. The molecule has 1 fully saturated rings. The molecule has 0 aliphatic carbocycles. The molecule has 2 N–H and O–H groups in total. The summed E-state index contributed by atoms with van der Waals surface area (Å²) in [4.78, 5) is 0.341. The van der Waals surface area contributed by atoms with E-state index in [1.54, 1.807) is 12.1 Å². The maximum Gasteiger partial charge on any atom is 0.240 e. The zero-order valence-electron chi connectivity index (χ0n) is 10.3. The molecule has 0 aromatic heterocycles. The van der Waals surface area contributed by atoms with Gasteiger partial charge < -0.3 is 5.32 Å². The molecule has 1 aliphatic heterocycles. The standard InChI is InChI=1S/C12H18N2O2S.ClH/c1-10-4-6-12(7-5-10)17(15,16)14-11-3-2-8-13-9-11;/h4-7,11,13-14H,2-3,8-9H2,1H3;1H. The predicted molar refractivity (Wildman–Crippen MR) is 74.6 cm³/mol. The van der Waals surface area contributed by atoms with Crippen molar-refractivity contribution >= 4 is 22.4 Å². The molecule has 2 rings (SSSR count). The van der Waals surface area contributed by atoms with E-state index in [-0.39, 0.29) is 18.4 Å². The molecule has 0 spiro atoms. The van der Waals surface area contributed by atoms with Gasteiger partial charge in [-0.1, -0.05) is 17.7 Å². The summed E-state index contributed by atoms with van der Waals surface area (Å²) in [6.45, 7) is 3.63. The van der Waals surface area contributed by atoms with E-state index >= 15 is 0 Å². The number of rotatable bonds is 3. The lowest BCUT2D eigenvalue weighted by Crippen LogP contribution is -2.45. The average Bonchev–Trinajstić information content (AvgIpc) is 2.30. The summed E-state index contributed by atoms with van der Waals surface area (Å²) < 4.78 is 26.9. The van der Waals surface area contributed by atoms with Crippen LogP contribution in [-0.4, -0.2) is 27.5 Å². The number of aryl methyl sites for hydroxylation is 1. The lowest BCUT2D eigenvalue weighted by Gasteiger charge is -2.23. The lowest BCUT2D eigenvalue weighted by molar-refractivity contribution is 0.428. The van der Waals surface area contributed by atoms with E-state index in [1.165, 1.54) is 0 Å². The zero-order valence-corrected chi connectivity index (χ0v) is 12.0. The van der Waals surface area contributed by atoms with Crippen molar-refractivity contribution in [2.75, 3.05) is 13.1 Å². The summed E-state index contributed by atoms with van der Waals surface area (Å²) >= 11 is 0. The molecule has 1 aliphatic rings. The van der Waals surface area contributed by atoms with Crippen molar-refractivity contribution in [3.8, 4) is 0 Å². The fraction of sp³-hybridized carbons (Fsp3) is 0.500. The first kappa shape index (κ1) is 15.4. The van der Waals surface area contributed by atoms with Crippen LogP contribution in [0.25, 0.3) is 0 Å². The SMILES string of the molecule is Cc1ccc(S(=O)(=O)NC2CCCNC2)cc1.Cl. The average molecular weight is 291 g/mol. The van der Waals surface area contributed by atoms with Gasteiger partial charge in [0, 0.05) is 12.6 Å². The van der Waals surface area contributed by atoms with Crippen LogP contribution < -0.4 is 10.0 Å². The molecule has 1 aromatic carbocycles. The van der Waals surface area contributed by atoms with Gasteiger partial charge in [0.1, 0.15) is 0 Å². The number of sulfonamides is 1. The summed E-state index contributed by atoms with van der Waals surface area (Å²) in [6, 6.07) is 6.93. The van der Waals surface area contributed by atoms with Crippen LogP contribution in [0, 0.1) is 6.92 Å². The molecule has 18 heavy (non-hydrogen) atoms. The van der Waals surface area contributed by atoms with Gasteiger partial charge in [-0.25, -0.2) is 13.1 Å². The van der Waals surface area contributed by atoms with Crippen LogP contribution in [0.1, 0.15) is 18.4 Å². The number of piperidine rings is 1. The Labute approximate surface area is 115 Å². The second kappa shape index (κ2) is 6.52. The van der Waals surface area contributed by atoms with Gasteiger partial charge >= 0.3 is 0 Å². The van der Waals surface area contributed by atoms with Crippen molar-refractivity contribution in [1.29, 1.82) is 0 Å². The Morgan fingerprint density at radius 3 is 2.50 bits per heavy atom. The molecule has 1 aromatic rings. The molecule has 1 saturated heterocycles. The van der Waals surface area contributed by atoms with Crippen LogP contribution >= 0.6 is 12.4 Å². The highest BCUT2D eigenvalue weighted by Gasteiger charge is 2.21. The van der Waals surface area contributed by atoms with Crippen molar-refractivity contribution in [3.63, 3.8) is 0 Å². The fourth-order valence-corrected chi connectivity index (χ4v) is 3.23. The van der Waals surface area contributed by atoms with Crippen LogP contribution in [0.3, 0.4) is 0 Å². The van der Waals surface area contributed by atoms with E-state index in [0.29, 0.717) is 11.4 Å². The summed E-state index contributed by atoms with van der Waals surface area (Å²) in [5, 5.41) is 3.19. The van der Waals surface area contributed by atoms with Crippen molar-refractivity contribution < 1.29 is 8.42 Å². The minimum Gasteiger partial charge on any atom is -0.315 e. The second-order valence-electron chi connectivity index (χ2n) is 4.48. The minimum atomic E-state index is -3.37. The van der Waals surface area contributed by atoms with Gasteiger partial charge in [0.15, 0.2) is 0 Å². The summed E-state index contributed by atoms with van der Waals surface area (Å²) in [5.41, 5.74) is 1.06. The molecule has 1 heterocycles. The molecule has 0 radical (unpaired) electrons. The van der Waals surface area contributed by atoms with Crippen molar-refractivity contribution in [2.24, 2.45) is 0 Å². The highest BCUT2D eigenvalue weighted by atomic mass is 35.5. The Bertz CT molecular complexity index is 467. The van der Waals surface area contributed by atoms with Gasteiger partial charge in [-0.2, -0.15) is 0 Å². The second-order valence-corrected chi connectivity index (χ2v) is 6.19. The van der Waals surface area contributed by atoms with Crippen LogP contribution in [0.4, 0.5) is 0 Å². The smallest absolute Gasteiger partial charge is 0.240 e. The highest BCUT2D eigenvalue weighted by molar-refractivity contribution is 7.89. The van der Waals surface area contributed by atoms with Gasteiger partial charge in [-0.3, -0.25) is 0 Å². The minimum absolute atomic E-state index is 0. The van der Waals surface area contributed by atoms with Gasteiger partial charge in [0.05, 0.1) is 4.90 Å². The number of hydrogen-bond acceptors (Lipinski definition) is 3. The van der Waals surface area contributed by atoms with E-state index in [1.807, 2.05) is 19.1 Å². The fourth-order valence-electron chi connectivity index (χ4n) is 1.96. The third-order valence-corrected chi connectivity index (χ3v) is 4.49. The summed E-state index contributed by atoms with van der Waals surface area (Å²) in [7, 11) is -3.37. The third kappa shape index (κ3) is 3.95. The van der Waals surface area contributed by atoms with Gasteiger partial charge in [0.25, 0.3) is 0 Å². The first-order valence-corrected chi connectivity index (χ1v) is 7.36. The Morgan fingerprint density at radius 1 is 1.28 bits per heavy atom. The maximum absolute atomic E-state index is 12.1. The Balaban J connectivity index is 0.00000162. The summed E-state index contributed by atoms with van der Waals surface area (Å²) in [5.74, 6) is 0. The summed E-state index contributed by atoms with van der Waals surface area (Å²) in [6.07, 6.45) is 1.92. The van der Waals surface area contributed by atoms with E-state index in [2.05, 4.69) is 10.0 Å². The third-order valence-electron chi connectivity index (χ3n) is 2.95. The van der Waals surface area contributed by atoms with E-state index in [4.69, 9.17) is 0 Å². The van der Waals surface area contributed by atoms with Crippen LogP contribution in [0.5, 0.6) is 0 Å². The van der Waals surface area contributed by atoms with Crippen molar-refractivity contribution in [1.82, 2.24) is 10.0 Å². The number of halogens is 1. The van der Waals surface area contributed by atoms with Gasteiger partial charge in [0.2, 0.25) is 10.0 Å². The van der Waals surface area contributed by atoms with Crippen LogP contribution in [0.2, 0.25) is 0 Å². The Kier molecular flexibility index (Phi) is 5.59. The predicted octanol–water partition coefficient (Wildman–Crippen LogP) is 1.45. The van der Waals surface area contributed by atoms with Crippen LogP contribution in [-0.2, 0) is 10.0 Å². The van der Waals surface area contributed by atoms with Crippen molar-refractivity contribution in [3.05, 3.63) is 29.8 Å². The largest absolute Gasteiger partial charge is 0.315 e. The normalized spacial score (nSPS) is 20.2. The Hall–Kier alpha value is -0.620. The van der Waals surface area contributed by atoms with Crippen molar-refractivity contribution in [2.45, 2.75) is 30.7 Å². The maximum atomic E-state index is 12.1. The van der Waals surface area contributed by atoms with E-state index < -0.39 is 10.0 Å². The zero-order chi connectivity index (χ0) is 12.3. The topological polar surface area (TPSA) is 58.2 Å². The molecule has 4 nitrogen and oxygen atoms in total. The highest BCUT2D eigenvalue weighted by Crippen LogP contribution is 2.12. The monoisotopic (exact) mass is 290 g/mol. The quantitative estimate of drug-likeness (QED) is 0.886. The molecule has 6 heteroatoms. The molecular weight excluding hydrogens is 272 g/mol. The molecule has 1 atom stereocenters. The van der Waals surface area contributed by atoms with Gasteiger partial charge in [-0.05, 0) is 38.4 Å². The van der Waals surface area contributed by atoms with E-state index in [0.717, 1.165) is 24.9 Å². The molecule has 102 valence electrons. The van der Waals surface area contributed by atoms with E-state index in [9.17, 15) is 8.42 Å². The number of benzene rings is 1. The van der Waals surface area contributed by atoms with Gasteiger partial charge in [-0.15, -0.1) is 12.4 Å². The Morgan fingerprint density at radius 2 is 1.94 bits per heavy atom. The first-order valence-electron chi connectivity index (χ1n) is 5.88. The molecular formula is C12H19ClN2O2S. The molecule has 1 unspecified atom stereocenters.